The van der Waals surface area contributed by atoms with Gasteiger partial charge < -0.3 is 15.4 Å². The van der Waals surface area contributed by atoms with Crippen molar-refractivity contribution in [1.29, 1.82) is 0 Å². The monoisotopic (exact) mass is 276 g/mol. The molecule has 7 nitrogen and oxygen atoms in total. The van der Waals surface area contributed by atoms with Gasteiger partial charge in [0.15, 0.2) is 10.8 Å². The molecular formula is C10H20N4O3S. The van der Waals surface area contributed by atoms with Crippen LogP contribution in [0.4, 0.5) is 5.82 Å². The summed E-state index contributed by atoms with van der Waals surface area (Å²) in [7, 11) is -2.25. The van der Waals surface area contributed by atoms with Crippen molar-refractivity contribution < 1.29 is 13.5 Å². The number of hydrogen-bond donors (Lipinski definition) is 3. The molecule has 0 unspecified atom stereocenters. The first-order chi connectivity index (χ1) is 8.32. The molecule has 4 N–H and O–H groups in total. The van der Waals surface area contributed by atoms with Gasteiger partial charge in [-0.15, -0.1) is 0 Å². The van der Waals surface area contributed by atoms with E-state index in [-0.39, 0.29) is 17.5 Å². The second-order valence-corrected chi connectivity index (χ2v) is 5.89. The van der Waals surface area contributed by atoms with E-state index in [0.29, 0.717) is 12.8 Å². The van der Waals surface area contributed by atoms with Crippen LogP contribution in [0.1, 0.15) is 26.7 Å². The molecule has 0 saturated heterocycles. The zero-order valence-corrected chi connectivity index (χ0v) is 11.7. The van der Waals surface area contributed by atoms with E-state index < -0.39 is 15.6 Å². The number of nitrogens with zero attached hydrogens (tertiary/aromatic N) is 2. The van der Waals surface area contributed by atoms with Crippen LogP contribution < -0.4 is 10.5 Å². The van der Waals surface area contributed by atoms with E-state index in [1.807, 2.05) is 13.8 Å². The summed E-state index contributed by atoms with van der Waals surface area (Å²) in [5.74, 6) is -0.0518. The van der Waals surface area contributed by atoms with Gasteiger partial charge in [-0.25, -0.2) is 18.1 Å². The van der Waals surface area contributed by atoms with Crippen molar-refractivity contribution in [1.82, 2.24) is 14.3 Å². The summed E-state index contributed by atoms with van der Waals surface area (Å²) >= 11 is 0. The number of aryl methyl sites for hydroxylation is 1. The maximum absolute atomic E-state index is 12.3. The minimum Gasteiger partial charge on any atom is -0.394 e. The molecule has 0 atom stereocenters. The largest absolute Gasteiger partial charge is 0.394 e. The van der Waals surface area contributed by atoms with E-state index in [4.69, 9.17) is 5.73 Å². The average molecular weight is 276 g/mol. The summed E-state index contributed by atoms with van der Waals surface area (Å²) in [6.45, 7) is 3.36. The first-order valence-electron chi connectivity index (χ1n) is 5.73. The van der Waals surface area contributed by atoms with Gasteiger partial charge in [-0.2, -0.15) is 0 Å². The van der Waals surface area contributed by atoms with E-state index in [1.54, 1.807) is 7.05 Å². The highest BCUT2D eigenvalue weighted by atomic mass is 32.2. The molecule has 0 spiro atoms. The molecule has 104 valence electrons. The topological polar surface area (TPSA) is 110 Å². The summed E-state index contributed by atoms with van der Waals surface area (Å²) in [5.41, 5.74) is 4.69. The molecule has 8 heteroatoms. The molecule has 0 amide bonds. The van der Waals surface area contributed by atoms with E-state index in [9.17, 15) is 13.5 Å². The summed E-state index contributed by atoms with van der Waals surface area (Å²) in [6.07, 6.45) is 2.30. The van der Waals surface area contributed by atoms with Gasteiger partial charge in [0.1, 0.15) is 0 Å². The molecule has 18 heavy (non-hydrogen) atoms. The fourth-order valence-electron chi connectivity index (χ4n) is 1.75. The van der Waals surface area contributed by atoms with Gasteiger partial charge in [0.05, 0.1) is 18.5 Å². The van der Waals surface area contributed by atoms with Gasteiger partial charge >= 0.3 is 0 Å². The van der Waals surface area contributed by atoms with Crippen LogP contribution in [-0.4, -0.2) is 35.2 Å². The predicted octanol–water partition coefficient (Wildman–Crippen LogP) is -0.168. The average Bonchev–Trinajstić information content (AvgIpc) is 2.67. The Morgan fingerprint density at radius 3 is 2.39 bits per heavy atom. The van der Waals surface area contributed by atoms with E-state index in [2.05, 4.69) is 9.71 Å². The van der Waals surface area contributed by atoms with Crippen molar-refractivity contribution in [2.75, 3.05) is 12.3 Å². The molecule has 1 aromatic heterocycles. The molecule has 1 heterocycles. The number of rotatable bonds is 6. The fourth-order valence-corrected chi connectivity index (χ4v) is 3.52. The lowest BCUT2D eigenvalue weighted by Gasteiger charge is -2.30. The molecule has 0 aliphatic heterocycles. The molecule has 0 aliphatic rings. The minimum absolute atomic E-state index is 0.0518. The van der Waals surface area contributed by atoms with Crippen LogP contribution >= 0.6 is 0 Å². The van der Waals surface area contributed by atoms with Crippen LogP contribution in [0.3, 0.4) is 0 Å². The number of hydrogen-bond acceptors (Lipinski definition) is 5. The third-order valence-electron chi connectivity index (χ3n) is 3.17. The highest BCUT2D eigenvalue weighted by molar-refractivity contribution is 7.89. The number of aliphatic hydroxyl groups excluding tert-OH is 1. The number of aliphatic hydroxyl groups is 1. The molecule has 1 aromatic rings. The third-order valence-corrected chi connectivity index (χ3v) is 4.88. The van der Waals surface area contributed by atoms with Crippen molar-refractivity contribution in [2.45, 2.75) is 37.3 Å². The Kier molecular flexibility index (Phi) is 4.36. The molecular weight excluding hydrogens is 256 g/mol. The number of nitrogens with two attached hydrogens (primary N) is 1. The van der Waals surface area contributed by atoms with Crippen molar-refractivity contribution in [3.63, 3.8) is 0 Å². The van der Waals surface area contributed by atoms with Crippen LogP contribution in [-0.2, 0) is 17.1 Å². The number of sulfonamides is 1. The summed E-state index contributed by atoms with van der Waals surface area (Å²) in [6, 6.07) is 0. The molecule has 0 saturated carbocycles. The van der Waals surface area contributed by atoms with Crippen LogP contribution in [0.25, 0.3) is 0 Å². The standard InChI is InChI=1S/C10H20N4O3S/c1-4-10(5-2,6-15)13-18(16,17)9-8(11)12-7-14(9)3/h7,13,15H,4-6,11H2,1-3H3. The number of imidazole rings is 1. The SMILES string of the molecule is CCC(CC)(CO)NS(=O)(=O)c1c(N)ncn1C. The van der Waals surface area contributed by atoms with Crippen molar-refractivity contribution in [2.24, 2.45) is 7.05 Å². The quantitative estimate of drug-likeness (QED) is 0.668. The molecule has 0 aromatic carbocycles. The van der Waals surface area contributed by atoms with Gasteiger partial charge in [0.25, 0.3) is 10.0 Å². The van der Waals surface area contributed by atoms with E-state index in [0.717, 1.165) is 0 Å². The first-order valence-corrected chi connectivity index (χ1v) is 7.22. The Labute approximate surface area is 107 Å². The zero-order chi connectivity index (χ0) is 14.0. The minimum atomic E-state index is -3.81. The maximum Gasteiger partial charge on any atom is 0.260 e. The summed E-state index contributed by atoms with van der Waals surface area (Å²) in [5, 5.41) is 9.31. The maximum atomic E-state index is 12.3. The molecule has 1 rings (SSSR count). The van der Waals surface area contributed by atoms with Gasteiger partial charge in [-0.05, 0) is 12.8 Å². The Hall–Kier alpha value is -1.12. The van der Waals surface area contributed by atoms with Crippen LogP contribution in [0.15, 0.2) is 11.4 Å². The molecule has 0 fully saturated rings. The predicted molar refractivity (Wildman–Crippen MR) is 68.3 cm³/mol. The third kappa shape index (κ3) is 2.65. The summed E-state index contributed by atoms with van der Waals surface area (Å²) in [4.78, 5) is 3.75. The van der Waals surface area contributed by atoms with Gasteiger partial charge in [-0.1, -0.05) is 13.8 Å². The Bertz CT molecular complexity index is 477. The molecule has 0 radical (unpaired) electrons. The van der Waals surface area contributed by atoms with Crippen LogP contribution in [0.2, 0.25) is 0 Å². The Morgan fingerprint density at radius 1 is 1.50 bits per heavy atom. The van der Waals surface area contributed by atoms with Crippen molar-refractivity contribution >= 4 is 15.8 Å². The van der Waals surface area contributed by atoms with Gasteiger partial charge in [0.2, 0.25) is 0 Å². The number of nitrogens with one attached hydrogen (secondary N) is 1. The number of aromatic nitrogens is 2. The smallest absolute Gasteiger partial charge is 0.260 e. The highest BCUT2D eigenvalue weighted by Crippen LogP contribution is 2.21. The second-order valence-electron chi connectivity index (χ2n) is 4.30. The lowest BCUT2D eigenvalue weighted by molar-refractivity contribution is 0.172. The van der Waals surface area contributed by atoms with Gasteiger partial charge in [0, 0.05) is 7.05 Å². The van der Waals surface area contributed by atoms with Crippen LogP contribution in [0, 0.1) is 0 Å². The van der Waals surface area contributed by atoms with E-state index >= 15 is 0 Å². The normalized spacial score (nSPS) is 12.9. The molecule has 0 aliphatic carbocycles. The highest BCUT2D eigenvalue weighted by Gasteiger charge is 2.34. The summed E-state index contributed by atoms with van der Waals surface area (Å²) < 4.78 is 28.4. The van der Waals surface area contributed by atoms with E-state index in [1.165, 1.54) is 10.9 Å². The van der Waals surface area contributed by atoms with Crippen molar-refractivity contribution in [3.05, 3.63) is 6.33 Å². The zero-order valence-electron chi connectivity index (χ0n) is 10.8. The lowest BCUT2D eigenvalue weighted by atomic mass is 9.96. The Balaban J connectivity index is 3.17. The first kappa shape index (κ1) is 14.9. The second kappa shape index (κ2) is 5.25. The number of nitrogen functional groups attached to an aromatic ring is 1. The fraction of sp³-hybridized carbons (Fsp3) is 0.700. The molecule has 0 bridgehead atoms. The van der Waals surface area contributed by atoms with Crippen LogP contribution in [0.5, 0.6) is 0 Å². The van der Waals surface area contributed by atoms with Gasteiger partial charge in [-0.3, -0.25) is 0 Å². The Morgan fingerprint density at radius 2 is 2.06 bits per heavy atom. The lowest BCUT2D eigenvalue weighted by Crippen LogP contribution is -2.50. The van der Waals surface area contributed by atoms with Crippen molar-refractivity contribution in [3.8, 4) is 0 Å². The number of anilines is 1.